The molecule has 1 heterocycles. The molecule has 7 atom stereocenters. The molecule has 2 heteroatoms. The number of rotatable bonds is 0. The van der Waals surface area contributed by atoms with Crippen molar-refractivity contribution in [2.75, 3.05) is 0 Å². The maximum Gasteiger partial charge on any atom is 0.321 e. The molecule has 0 aromatic heterocycles. The Hall–Kier alpha value is -6.25. The summed E-state index contributed by atoms with van der Waals surface area (Å²) in [7, 11) is 0. The van der Waals surface area contributed by atoms with E-state index in [9.17, 15) is 4.79 Å². The van der Waals surface area contributed by atoms with E-state index in [1.165, 1.54) is 0 Å². The zero-order valence-electron chi connectivity index (χ0n) is 24.2. The molecule has 43 heavy (non-hydrogen) atoms. The van der Waals surface area contributed by atoms with Crippen LogP contribution in [-0.4, -0.2) is 12.1 Å². The lowest BCUT2D eigenvalue weighted by molar-refractivity contribution is -0.145. The van der Waals surface area contributed by atoms with Crippen molar-refractivity contribution in [2.45, 2.75) is 52.6 Å². The summed E-state index contributed by atoms with van der Waals surface area (Å²) in [5, 5.41) is 0. The Morgan fingerprint density at radius 3 is 1.42 bits per heavy atom. The summed E-state index contributed by atoms with van der Waals surface area (Å²) >= 11 is 0. The highest BCUT2D eigenvalue weighted by atomic mass is 16.6. The molecule has 7 unspecified atom stereocenters. The van der Waals surface area contributed by atoms with Crippen molar-refractivity contribution in [2.24, 2.45) is 35.5 Å². The largest absolute Gasteiger partial charge is 0.461 e. The number of fused-ring (bicyclic) bond motifs is 3. The third kappa shape index (κ3) is 10.0. The molecule has 0 bridgehead atoms. The maximum absolute atomic E-state index is 12.9. The van der Waals surface area contributed by atoms with Crippen molar-refractivity contribution < 1.29 is 9.53 Å². The van der Waals surface area contributed by atoms with E-state index in [2.05, 4.69) is 161 Å². The molecule has 1 saturated heterocycles. The van der Waals surface area contributed by atoms with Crippen molar-refractivity contribution in [3.63, 3.8) is 0 Å². The fraction of sp³-hybridized carbons (Fsp3) is 0.341. The van der Waals surface area contributed by atoms with Gasteiger partial charge in [-0.15, -0.1) is 0 Å². The molecule has 1 aliphatic heterocycles. The highest BCUT2D eigenvalue weighted by Gasteiger charge is 2.55. The monoisotopic (exact) mass is 548 g/mol. The van der Waals surface area contributed by atoms with Gasteiger partial charge in [-0.1, -0.05) is 30.6 Å². The Kier molecular flexibility index (Phi) is 13.2. The normalized spacial score (nSPS) is 23.7. The molecule has 2 nitrogen and oxygen atoms in total. The van der Waals surface area contributed by atoms with Crippen LogP contribution in [0.1, 0.15) is 46.5 Å². The van der Waals surface area contributed by atoms with Crippen molar-refractivity contribution in [1.82, 2.24) is 0 Å². The van der Waals surface area contributed by atoms with Crippen molar-refractivity contribution in [3.8, 4) is 154 Å². The minimum absolute atomic E-state index is 0.0209. The molecule has 0 amide bonds. The van der Waals surface area contributed by atoms with Gasteiger partial charge >= 0.3 is 5.97 Å². The number of esters is 1. The van der Waals surface area contributed by atoms with Crippen LogP contribution in [0.3, 0.4) is 0 Å². The zero-order valence-corrected chi connectivity index (χ0v) is 24.2. The third-order valence-corrected chi connectivity index (χ3v) is 7.18. The fourth-order valence-electron chi connectivity index (χ4n) is 5.48. The predicted octanol–water partition coefficient (Wildman–Crippen LogP) is 3.30. The van der Waals surface area contributed by atoms with Crippen LogP contribution in [0.2, 0.25) is 0 Å². The molecular weight excluding hydrogens is 524 g/mol. The minimum Gasteiger partial charge on any atom is -0.461 e. The van der Waals surface area contributed by atoms with Crippen LogP contribution in [0.5, 0.6) is 0 Å². The summed E-state index contributed by atoms with van der Waals surface area (Å²) in [5.74, 6) is 70.2. The Morgan fingerprint density at radius 1 is 0.512 bits per heavy atom. The summed E-state index contributed by atoms with van der Waals surface area (Å²) in [5.41, 5.74) is 0. The second-order valence-corrected chi connectivity index (χ2v) is 9.56. The van der Waals surface area contributed by atoms with E-state index in [0.717, 1.165) is 25.7 Å². The molecule has 3 aliphatic rings. The van der Waals surface area contributed by atoms with Gasteiger partial charge < -0.3 is 4.74 Å². The summed E-state index contributed by atoms with van der Waals surface area (Å²) < 4.78 is 5.99. The van der Waals surface area contributed by atoms with E-state index in [4.69, 9.17) is 4.74 Å². The Morgan fingerprint density at radius 2 is 0.930 bits per heavy atom. The Bertz CT molecular complexity index is 1970. The van der Waals surface area contributed by atoms with Gasteiger partial charge in [-0.25, -0.2) is 0 Å². The standard InChI is InChI=1S/C41H24O2/c1-4-6-8-10-12-14-16-17-19-20-22-24-26-28-35-31-33-36-34(3)30-32-37-38(41(42)43-40(37)39(35)36)29-27-25-23-21-18-15-13-11-9-7-5-2/h34-40H,30-33H2,1-3H3. The summed E-state index contributed by atoms with van der Waals surface area (Å²) in [6.45, 7) is 5.70. The third-order valence-electron chi connectivity index (χ3n) is 7.18. The van der Waals surface area contributed by atoms with Crippen LogP contribution in [0.4, 0.5) is 0 Å². The first-order valence-corrected chi connectivity index (χ1v) is 13.7. The zero-order chi connectivity index (χ0) is 30.5. The van der Waals surface area contributed by atoms with Gasteiger partial charge in [-0.05, 0) is 182 Å². The van der Waals surface area contributed by atoms with Gasteiger partial charge in [-0.3, -0.25) is 4.79 Å². The highest BCUT2D eigenvalue weighted by Crippen LogP contribution is 2.53. The van der Waals surface area contributed by atoms with Crippen LogP contribution in [-0.2, 0) is 9.53 Å². The van der Waals surface area contributed by atoms with Crippen LogP contribution in [0, 0.1) is 189 Å². The van der Waals surface area contributed by atoms with Gasteiger partial charge in [0, 0.05) is 17.8 Å². The number of carbonyl (C=O) groups excluding carboxylic acids is 1. The topological polar surface area (TPSA) is 26.3 Å². The van der Waals surface area contributed by atoms with E-state index in [0.29, 0.717) is 11.8 Å². The molecule has 200 valence electrons. The van der Waals surface area contributed by atoms with Crippen LogP contribution in [0.25, 0.3) is 0 Å². The molecule has 0 spiro atoms. The lowest BCUT2D eigenvalue weighted by Crippen LogP contribution is -2.33. The quantitative estimate of drug-likeness (QED) is 0.343. The smallest absolute Gasteiger partial charge is 0.321 e. The highest BCUT2D eigenvalue weighted by molar-refractivity contribution is 5.79. The lowest BCUT2D eigenvalue weighted by atomic mass is 9.76. The number of hydrogen-bond acceptors (Lipinski definition) is 2. The Balaban J connectivity index is 1.67. The van der Waals surface area contributed by atoms with Gasteiger partial charge in [0.1, 0.15) is 12.0 Å². The molecule has 2 saturated carbocycles. The van der Waals surface area contributed by atoms with E-state index in [1.807, 2.05) is 0 Å². The van der Waals surface area contributed by atoms with Gasteiger partial charge in [0.2, 0.25) is 0 Å². The first-order chi connectivity index (χ1) is 21.2. The van der Waals surface area contributed by atoms with E-state index >= 15 is 0 Å². The average molecular weight is 549 g/mol. The molecule has 3 fully saturated rings. The summed E-state index contributed by atoms with van der Waals surface area (Å²) in [6, 6.07) is 0. The van der Waals surface area contributed by atoms with Gasteiger partial charge in [0.15, 0.2) is 0 Å². The Labute approximate surface area is 257 Å². The second kappa shape index (κ2) is 18.2. The SMILES string of the molecule is CC#CC#CC#CC#CC#CC#CC#CC1CCC2C(C)CCC3C(C#CC#CC#CC#CC#CC#CC)C(=O)OC3C12. The van der Waals surface area contributed by atoms with E-state index < -0.39 is 5.92 Å². The number of hydrogen-bond donors (Lipinski definition) is 0. The van der Waals surface area contributed by atoms with Gasteiger partial charge in [-0.2, -0.15) is 0 Å². The molecule has 2 aliphatic carbocycles. The van der Waals surface area contributed by atoms with Crippen LogP contribution >= 0.6 is 0 Å². The lowest BCUT2D eigenvalue weighted by Gasteiger charge is -2.29. The molecule has 0 N–H and O–H groups in total. The second-order valence-electron chi connectivity index (χ2n) is 9.56. The molecule has 0 aromatic rings. The molecule has 3 rings (SSSR count). The van der Waals surface area contributed by atoms with E-state index in [1.54, 1.807) is 13.8 Å². The van der Waals surface area contributed by atoms with Crippen LogP contribution < -0.4 is 0 Å². The summed E-state index contributed by atoms with van der Waals surface area (Å²) in [4.78, 5) is 12.9. The molecule has 0 radical (unpaired) electrons. The van der Waals surface area contributed by atoms with Gasteiger partial charge in [0.05, 0.1) is 0 Å². The van der Waals surface area contributed by atoms with Crippen LogP contribution in [0.15, 0.2) is 0 Å². The number of carbonyl (C=O) groups is 1. The minimum atomic E-state index is -0.500. The van der Waals surface area contributed by atoms with Crippen molar-refractivity contribution in [1.29, 1.82) is 0 Å². The number of ether oxygens (including phenoxy) is 1. The predicted molar refractivity (Wildman–Crippen MR) is 167 cm³/mol. The molecule has 0 aromatic carbocycles. The fourth-order valence-corrected chi connectivity index (χ4v) is 5.48. The first kappa shape index (κ1) is 31.3. The summed E-state index contributed by atoms with van der Waals surface area (Å²) in [6.07, 6.45) is 3.73. The maximum atomic E-state index is 12.9. The van der Waals surface area contributed by atoms with Crippen molar-refractivity contribution >= 4 is 5.97 Å². The van der Waals surface area contributed by atoms with Crippen molar-refractivity contribution in [3.05, 3.63) is 0 Å². The average Bonchev–Trinajstić information content (AvgIpc) is 3.53. The molecular formula is C41H24O2. The first-order valence-electron chi connectivity index (χ1n) is 13.7. The van der Waals surface area contributed by atoms with Gasteiger partial charge in [0.25, 0.3) is 0 Å². The van der Waals surface area contributed by atoms with E-state index in [-0.39, 0.29) is 29.8 Å².